The molecular weight excluding hydrogens is 853 g/mol. The molecule has 5 rings (SSSR count). The number of rotatable bonds is 17. The van der Waals surface area contributed by atoms with Gasteiger partial charge in [0.2, 0.25) is 17.8 Å². The summed E-state index contributed by atoms with van der Waals surface area (Å²) in [6.45, 7) is 12.2. The van der Waals surface area contributed by atoms with Crippen molar-refractivity contribution >= 4 is 70.0 Å². The number of nitrogens with one attached hydrogen (secondary N) is 6. The van der Waals surface area contributed by atoms with E-state index in [-0.39, 0.29) is 47.6 Å². The number of amides is 2. The van der Waals surface area contributed by atoms with E-state index in [0.29, 0.717) is 52.8 Å². The smallest absolute Gasteiger partial charge is 0.341 e. The van der Waals surface area contributed by atoms with E-state index in [1.165, 1.54) is 12.4 Å². The number of carbonyl (C=O) groups excluding carboxylic acids is 3. The summed E-state index contributed by atoms with van der Waals surface area (Å²) in [4.78, 5) is 65.4. The molecule has 0 unspecified atom stereocenters. The van der Waals surface area contributed by atoms with Crippen LogP contribution in [-0.2, 0) is 14.3 Å². The van der Waals surface area contributed by atoms with Gasteiger partial charge in [0.25, 0.3) is 5.91 Å². The van der Waals surface area contributed by atoms with Crippen LogP contribution in [0.2, 0.25) is 0 Å². The van der Waals surface area contributed by atoms with Crippen LogP contribution in [0.4, 0.5) is 46.3 Å². The number of terminal acetylenes is 1. The molecule has 352 valence electrons. The highest BCUT2D eigenvalue weighted by atomic mass is 16.6. The summed E-state index contributed by atoms with van der Waals surface area (Å²) in [5.74, 6) is 5.98. The van der Waals surface area contributed by atoms with Crippen molar-refractivity contribution in [1.29, 1.82) is 10.5 Å². The highest BCUT2D eigenvalue weighted by Gasteiger charge is 2.19. The van der Waals surface area contributed by atoms with Crippen molar-refractivity contribution < 1.29 is 40.9 Å². The van der Waals surface area contributed by atoms with Gasteiger partial charge in [0, 0.05) is 66.5 Å². The second kappa shape index (κ2) is 27.2. The number of carboxylic acids is 1. The van der Waals surface area contributed by atoms with Crippen LogP contribution in [0.25, 0.3) is 0 Å². The van der Waals surface area contributed by atoms with Crippen LogP contribution in [0.3, 0.4) is 0 Å². The average Bonchev–Trinajstić information content (AvgIpc) is 3.42. The molecule has 3 aromatic carbocycles. The summed E-state index contributed by atoms with van der Waals surface area (Å²) < 4.78 is 45.2. The van der Waals surface area contributed by atoms with Gasteiger partial charge >= 0.3 is 11.9 Å². The van der Waals surface area contributed by atoms with Gasteiger partial charge in [-0.25, -0.2) is 14.8 Å². The highest BCUT2D eigenvalue weighted by molar-refractivity contribution is 6.07. The minimum atomic E-state index is -1.08. The van der Waals surface area contributed by atoms with Crippen LogP contribution in [0.1, 0.15) is 111 Å². The number of benzene rings is 3. The molecule has 0 aliphatic heterocycles. The number of nitrogens with zero attached hydrogens (tertiary/aromatic N) is 6. The Labute approximate surface area is 402 Å². The van der Waals surface area contributed by atoms with Gasteiger partial charge in [-0.05, 0) is 119 Å². The molecule has 2 amide bonds. The number of hydrogen-bond donors (Lipinski definition) is 7. The van der Waals surface area contributed by atoms with Crippen molar-refractivity contribution in [2.45, 2.75) is 72.8 Å². The van der Waals surface area contributed by atoms with E-state index in [9.17, 15) is 19.2 Å². The van der Waals surface area contributed by atoms with Crippen LogP contribution in [0.15, 0.2) is 85.2 Å². The van der Waals surface area contributed by atoms with Crippen LogP contribution in [0.5, 0.6) is 0 Å². The molecule has 0 radical (unpaired) electrons. The molecule has 2 aromatic heterocycles. The van der Waals surface area contributed by atoms with Crippen LogP contribution in [-0.4, -0.2) is 67.5 Å². The summed E-state index contributed by atoms with van der Waals surface area (Å²) in [7, 11) is 0. The maximum absolute atomic E-state index is 13.1. The van der Waals surface area contributed by atoms with Crippen molar-refractivity contribution in [2.24, 2.45) is 0 Å². The number of nitriles is 2. The first-order chi connectivity index (χ1) is 36.1. The molecule has 0 aliphatic carbocycles. The summed E-state index contributed by atoms with van der Waals surface area (Å²) in [5, 5.41) is 44.6. The zero-order chi connectivity index (χ0) is 57.2. The number of hydrogen-bond acceptors (Lipinski definition) is 15. The van der Waals surface area contributed by atoms with Crippen LogP contribution in [0, 0.1) is 46.8 Å². The van der Waals surface area contributed by atoms with Crippen LogP contribution < -0.4 is 31.9 Å². The Bertz CT molecular complexity index is 2700. The van der Waals surface area contributed by atoms with E-state index in [1.807, 2.05) is 19.9 Å². The van der Waals surface area contributed by atoms with Gasteiger partial charge in [-0.1, -0.05) is 25.8 Å². The number of aromatic nitrogens is 4. The van der Waals surface area contributed by atoms with Crippen LogP contribution >= 0.6 is 0 Å². The average molecular weight is 921 g/mol. The Morgan fingerprint density at radius 1 is 0.746 bits per heavy atom. The summed E-state index contributed by atoms with van der Waals surface area (Å²) >= 11 is 0. The topological polar surface area (TPSA) is 269 Å². The van der Waals surface area contributed by atoms with Crippen molar-refractivity contribution in [3.63, 3.8) is 0 Å². The Hall–Kier alpha value is -9.00. The number of carbonyl (C=O) groups is 4. The molecular formula is C49H60N12O6. The second-order valence-corrected chi connectivity index (χ2v) is 14.9. The molecule has 18 nitrogen and oxygen atoms in total. The lowest BCUT2D eigenvalue weighted by molar-refractivity contribution is -0.155. The molecule has 0 saturated carbocycles. The Balaban J connectivity index is 0. The molecule has 7 N–H and O–H groups in total. The van der Waals surface area contributed by atoms with E-state index in [2.05, 4.69) is 75.7 Å². The maximum atomic E-state index is 13.1. The fraction of sp³-hybridized carbons (Fsp3) is 0.265. The molecule has 0 bridgehead atoms. The van der Waals surface area contributed by atoms with Gasteiger partial charge in [-0.15, -0.1) is 6.42 Å². The third-order valence-electron chi connectivity index (χ3n) is 8.26. The second-order valence-electron chi connectivity index (χ2n) is 14.9. The minimum absolute atomic E-state index is 0.0267. The maximum Gasteiger partial charge on any atom is 0.341 e. The molecule has 0 saturated heterocycles. The normalized spacial score (nSPS) is 10.3. The summed E-state index contributed by atoms with van der Waals surface area (Å²) in [6.07, 6.45) is 9.00. The first-order valence-corrected chi connectivity index (χ1v) is 20.9. The zero-order valence-electron chi connectivity index (χ0n) is 46.1. The van der Waals surface area contributed by atoms with Gasteiger partial charge in [-0.3, -0.25) is 14.4 Å². The highest BCUT2D eigenvalue weighted by Crippen LogP contribution is 2.22. The van der Waals surface area contributed by atoms with Gasteiger partial charge in [0.15, 0.2) is 0 Å². The van der Waals surface area contributed by atoms with E-state index in [4.69, 9.17) is 38.7 Å². The molecule has 0 atom stereocenters. The fourth-order valence-corrected chi connectivity index (χ4v) is 5.25. The van der Waals surface area contributed by atoms with Crippen molar-refractivity contribution in [3.05, 3.63) is 107 Å². The molecule has 0 spiro atoms. The zero-order valence-corrected chi connectivity index (χ0v) is 38.1. The molecule has 2 heterocycles. The third kappa shape index (κ3) is 19.1. The third-order valence-corrected chi connectivity index (χ3v) is 8.26. The lowest BCUT2D eigenvalue weighted by atomic mass is 10.2. The molecule has 0 aliphatic rings. The van der Waals surface area contributed by atoms with Crippen molar-refractivity contribution in [2.75, 3.05) is 45.0 Å². The first kappa shape index (κ1) is 46.0. The first-order valence-electron chi connectivity index (χ1n) is 24.9. The van der Waals surface area contributed by atoms with Crippen molar-refractivity contribution in [1.82, 2.24) is 19.9 Å². The largest absolute Gasteiger partial charge is 0.477 e. The van der Waals surface area contributed by atoms with Gasteiger partial charge in [0.05, 0.1) is 29.7 Å². The quantitative estimate of drug-likeness (QED) is 0.0338. The van der Waals surface area contributed by atoms with E-state index >= 15 is 0 Å². The fourth-order valence-electron chi connectivity index (χ4n) is 5.25. The lowest BCUT2D eigenvalue weighted by Crippen LogP contribution is -2.24. The molecule has 0 fully saturated rings. The number of carboxylic acid groups (broad SMARTS) is 1. The Morgan fingerprint density at radius 3 is 1.67 bits per heavy atom. The Morgan fingerprint density at radius 2 is 1.24 bits per heavy atom. The van der Waals surface area contributed by atoms with E-state index < -0.39 is 23.4 Å². The minimum Gasteiger partial charge on any atom is -0.477 e. The van der Waals surface area contributed by atoms with Gasteiger partial charge in [0.1, 0.15) is 28.4 Å². The van der Waals surface area contributed by atoms with Gasteiger partial charge < -0.3 is 41.7 Å². The standard InChI is InChI=1S/C29H33N7O4.C15H15N5O2.C5H4.4H2/c1-5-15-31-26-23(18-32-28(36-26)35-20-11-9-19(17-30)10-12-20)27(39)34-22-8-6-7-21(16-22)33-24(37)13-14-25(38)40-29(2,3)4;1-2-7-17-13-12(14(21)22)9-18-15(20-13)19-11-5-3-10(8-16)4-6-11;1-3-5-4-2;;;;/h6-12,16,18H,5,13-15H2,1-4H3,(H,33,37)(H,34,39)(H2,31,32,35,36);3-6,9H,2,7H2,1H3,(H,21,22)(H2,17,18,19,20);1H,2H3;4*1H/i;;;4*1+1D. The monoisotopic (exact) mass is 921 g/mol. The molecule has 67 heavy (non-hydrogen) atoms. The summed E-state index contributed by atoms with van der Waals surface area (Å²) in [6, 6.07) is 24.4. The van der Waals surface area contributed by atoms with E-state index in [1.54, 1.807) is 100 Å². The number of ether oxygens (including phenoxy) is 1. The summed E-state index contributed by atoms with van der Waals surface area (Å²) in [5.41, 5.74) is 3.08. The lowest BCUT2D eigenvalue weighted by Gasteiger charge is -2.19. The molecule has 18 heteroatoms. The predicted molar refractivity (Wildman–Crippen MR) is 266 cm³/mol. The molecule has 5 aromatic rings. The Kier molecular flexibility index (Phi) is 18.7. The SMILES string of the molecule is C#CC#CC.CCCNc1nc(Nc2ccc(C#N)cc2)ncc1C(=O)Nc1cccc(NC(=O)CCC(=O)OC(C)(C)C)c1.CCCNc1nc(Nc2ccc(C#N)cc2)ncc1C(=O)O.[2H][2H].[2H][2H].[2H][2H].[2H][2H]. The predicted octanol–water partition coefficient (Wildman–Crippen LogP) is 9.47. The number of aromatic carboxylic acids is 1. The van der Waals surface area contributed by atoms with E-state index in [0.717, 1.165) is 12.8 Å². The number of anilines is 8. The number of esters is 1. The van der Waals surface area contributed by atoms with Gasteiger partial charge in [-0.2, -0.15) is 20.5 Å². The van der Waals surface area contributed by atoms with Crippen molar-refractivity contribution in [3.8, 4) is 36.3 Å².